The molecule has 2 rings (SSSR count). The molecule has 4 nitrogen and oxygen atoms in total. The van der Waals surface area contributed by atoms with Crippen LogP contribution in [0.2, 0.25) is 0 Å². The summed E-state index contributed by atoms with van der Waals surface area (Å²) in [5, 5.41) is 2.95. The lowest BCUT2D eigenvalue weighted by Gasteiger charge is -2.24. The van der Waals surface area contributed by atoms with Crippen LogP contribution in [0.5, 0.6) is 0 Å². The molecule has 22 heavy (non-hydrogen) atoms. The molecule has 1 aromatic carbocycles. The van der Waals surface area contributed by atoms with Crippen molar-refractivity contribution >= 4 is 16.9 Å². The van der Waals surface area contributed by atoms with Crippen LogP contribution in [0.25, 0.3) is 0 Å². The lowest BCUT2D eigenvalue weighted by atomic mass is 10.1. The van der Waals surface area contributed by atoms with Crippen LogP contribution in [0.15, 0.2) is 35.2 Å². The molecule has 1 unspecified atom stereocenters. The van der Waals surface area contributed by atoms with Crippen molar-refractivity contribution in [3.8, 4) is 0 Å². The second kappa shape index (κ2) is 7.27. The van der Waals surface area contributed by atoms with E-state index < -0.39 is 16.4 Å². The third-order valence-corrected chi connectivity index (χ3v) is 5.26. The highest BCUT2D eigenvalue weighted by molar-refractivity contribution is 7.85. The van der Waals surface area contributed by atoms with Gasteiger partial charge in [-0.2, -0.15) is 0 Å². The third-order valence-electron chi connectivity index (χ3n) is 3.73. The fourth-order valence-corrected chi connectivity index (χ4v) is 4.19. The minimum atomic E-state index is -1.02. The molecule has 122 valence electrons. The van der Waals surface area contributed by atoms with Crippen molar-refractivity contribution in [2.24, 2.45) is 5.92 Å². The first-order chi connectivity index (χ1) is 10.3. The van der Waals surface area contributed by atoms with Gasteiger partial charge in [-0.25, -0.2) is 4.79 Å². The van der Waals surface area contributed by atoms with Crippen LogP contribution in [-0.4, -0.2) is 27.7 Å². The lowest BCUT2D eigenvalue weighted by molar-refractivity contribution is 0.0495. The minimum Gasteiger partial charge on any atom is -0.444 e. The molecule has 5 heteroatoms. The van der Waals surface area contributed by atoms with Crippen molar-refractivity contribution in [2.45, 2.75) is 56.6 Å². The van der Waals surface area contributed by atoms with Gasteiger partial charge in [-0.1, -0.05) is 24.6 Å². The van der Waals surface area contributed by atoms with Gasteiger partial charge in [0, 0.05) is 16.7 Å². The smallest absolute Gasteiger partial charge is 0.407 e. The number of rotatable bonds is 4. The van der Waals surface area contributed by atoms with Crippen LogP contribution in [0, 0.1) is 5.92 Å². The predicted molar refractivity (Wildman–Crippen MR) is 88.2 cm³/mol. The molecule has 0 spiro atoms. The van der Waals surface area contributed by atoms with Crippen LogP contribution >= 0.6 is 0 Å². The van der Waals surface area contributed by atoms with Crippen molar-refractivity contribution < 1.29 is 13.7 Å². The first-order valence-electron chi connectivity index (χ1n) is 7.78. The molecule has 0 saturated heterocycles. The quantitative estimate of drug-likeness (QED) is 0.923. The SMILES string of the molecule is CC(C)(C)OC(=O)N[C@H]1CCC[C@H]1CS(=O)c1ccccc1. The molecule has 1 fully saturated rings. The summed E-state index contributed by atoms with van der Waals surface area (Å²) in [6.45, 7) is 5.55. The van der Waals surface area contributed by atoms with Gasteiger partial charge in [-0.3, -0.25) is 4.21 Å². The van der Waals surface area contributed by atoms with E-state index in [1.165, 1.54) is 0 Å². The highest BCUT2D eigenvalue weighted by Gasteiger charge is 2.31. The van der Waals surface area contributed by atoms with Crippen molar-refractivity contribution in [3.05, 3.63) is 30.3 Å². The average Bonchev–Trinajstić information content (AvgIpc) is 2.84. The number of hydrogen-bond donors (Lipinski definition) is 1. The summed E-state index contributed by atoms with van der Waals surface area (Å²) in [6, 6.07) is 9.56. The van der Waals surface area contributed by atoms with E-state index in [0.29, 0.717) is 5.75 Å². The van der Waals surface area contributed by atoms with Gasteiger partial charge in [0.2, 0.25) is 0 Å². The summed E-state index contributed by atoms with van der Waals surface area (Å²) in [4.78, 5) is 12.8. The summed E-state index contributed by atoms with van der Waals surface area (Å²) in [5.41, 5.74) is -0.495. The van der Waals surface area contributed by atoms with Gasteiger partial charge in [0.15, 0.2) is 0 Å². The Morgan fingerprint density at radius 1 is 1.27 bits per heavy atom. The van der Waals surface area contributed by atoms with E-state index in [4.69, 9.17) is 4.74 Å². The largest absolute Gasteiger partial charge is 0.444 e. The third kappa shape index (κ3) is 5.13. The van der Waals surface area contributed by atoms with E-state index in [2.05, 4.69) is 5.32 Å². The molecule has 1 N–H and O–H groups in total. The van der Waals surface area contributed by atoms with E-state index in [-0.39, 0.29) is 18.1 Å². The summed E-state index contributed by atoms with van der Waals surface area (Å²) < 4.78 is 17.7. The fraction of sp³-hybridized carbons (Fsp3) is 0.588. The van der Waals surface area contributed by atoms with Crippen LogP contribution in [0.3, 0.4) is 0 Å². The summed E-state index contributed by atoms with van der Waals surface area (Å²) in [5.74, 6) is 0.832. The Bertz CT molecular complexity index is 524. The van der Waals surface area contributed by atoms with Crippen LogP contribution in [0.1, 0.15) is 40.0 Å². The highest BCUT2D eigenvalue weighted by atomic mass is 32.2. The Hall–Kier alpha value is -1.36. The summed E-state index contributed by atoms with van der Waals surface area (Å²) >= 11 is 0. The van der Waals surface area contributed by atoms with Gasteiger partial charge in [-0.05, 0) is 51.7 Å². The average molecular weight is 323 g/mol. The molecule has 0 heterocycles. The zero-order valence-corrected chi connectivity index (χ0v) is 14.3. The van der Waals surface area contributed by atoms with E-state index >= 15 is 0 Å². The molecule has 1 amide bonds. The Morgan fingerprint density at radius 3 is 2.59 bits per heavy atom. The van der Waals surface area contributed by atoms with E-state index in [0.717, 1.165) is 24.2 Å². The fourth-order valence-electron chi connectivity index (χ4n) is 2.75. The van der Waals surface area contributed by atoms with Crippen LogP contribution in [0.4, 0.5) is 4.79 Å². The standard InChI is InChI=1S/C17H25NO3S/c1-17(2,3)21-16(19)18-15-11-7-8-13(15)12-22(20)14-9-5-4-6-10-14/h4-6,9-10,13,15H,7-8,11-12H2,1-3H3,(H,18,19)/t13-,15-,22?/m0/s1. The number of ether oxygens (including phenoxy) is 1. The Morgan fingerprint density at radius 2 is 1.95 bits per heavy atom. The Balaban J connectivity index is 1.91. The first kappa shape index (κ1) is 17.0. The number of carbonyl (C=O) groups is 1. The second-order valence-electron chi connectivity index (χ2n) is 6.77. The second-order valence-corrected chi connectivity index (χ2v) is 8.26. The summed E-state index contributed by atoms with van der Waals surface area (Å²) in [7, 11) is -1.02. The zero-order valence-electron chi connectivity index (χ0n) is 13.5. The molecular weight excluding hydrogens is 298 g/mol. The summed E-state index contributed by atoms with van der Waals surface area (Å²) in [6.07, 6.45) is 2.60. The predicted octanol–water partition coefficient (Wildman–Crippen LogP) is 3.49. The number of alkyl carbamates (subject to hydrolysis) is 1. The van der Waals surface area contributed by atoms with Gasteiger partial charge in [-0.15, -0.1) is 0 Å². The molecule has 1 saturated carbocycles. The van der Waals surface area contributed by atoms with Crippen LogP contribution in [-0.2, 0) is 15.5 Å². The molecule has 3 atom stereocenters. The van der Waals surface area contributed by atoms with Gasteiger partial charge in [0.1, 0.15) is 5.60 Å². The molecule has 0 aromatic heterocycles. The van der Waals surface area contributed by atoms with Gasteiger partial charge in [0.05, 0.1) is 10.8 Å². The number of benzene rings is 1. The highest BCUT2D eigenvalue weighted by Crippen LogP contribution is 2.28. The Kier molecular flexibility index (Phi) is 5.62. The van der Waals surface area contributed by atoms with Gasteiger partial charge >= 0.3 is 6.09 Å². The maximum Gasteiger partial charge on any atom is 0.407 e. The van der Waals surface area contributed by atoms with Crippen molar-refractivity contribution in [1.82, 2.24) is 5.32 Å². The van der Waals surface area contributed by atoms with Crippen molar-refractivity contribution in [2.75, 3.05) is 5.75 Å². The van der Waals surface area contributed by atoms with E-state index in [1.807, 2.05) is 51.1 Å². The molecule has 1 aromatic rings. The molecule has 0 aliphatic heterocycles. The number of nitrogens with one attached hydrogen (secondary N) is 1. The van der Waals surface area contributed by atoms with Gasteiger partial charge < -0.3 is 10.1 Å². The molecular formula is C17H25NO3S. The molecule has 1 aliphatic carbocycles. The lowest BCUT2D eigenvalue weighted by Crippen LogP contribution is -2.42. The zero-order chi connectivity index (χ0) is 16.2. The molecule has 0 bridgehead atoms. The monoisotopic (exact) mass is 323 g/mol. The van der Waals surface area contributed by atoms with Crippen molar-refractivity contribution in [3.63, 3.8) is 0 Å². The minimum absolute atomic E-state index is 0.0579. The first-order valence-corrected chi connectivity index (χ1v) is 9.10. The Labute approximate surface area is 135 Å². The maximum atomic E-state index is 12.4. The number of amides is 1. The van der Waals surface area contributed by atoms with Crippen LogP contribution < -0.4 is 5.32 Å². The van der Waals surface area contributed by atoms with E-state index in [9.17, 15) is 9.00 Å². The molecule has 0 radical (unpaired) electrons. The van der Waals surface area contributed by atoms with Crippen molar-refractivity contribution in [1.29, 1.82) is 0 Å². The normalized spacial score (nSPS) is 23.0. The number of hydrogen-bond acceptors (Lipinski definition) is 3. The van der Waals surface area contributed by atoms with Gasteiger partial charge in [0.25, 0.3) is 0 Å². The van der Waals surface area contributed by atoms with E-state index in [1.54, 1.807) is 0 Å². The topological polar surface area (TPSA) is 55.4 Å². The maximum absolute atomic E-state index is 12.4. The number of carbonyl (C=O) groups excluding carboxylic acids is 1. The molecule has 1 aliphatic rings.